The Bertz CT molecular complexity index is 264. The molecule has 1 aliphatic carbocycles. The van der Waals surface area contributed by atoms with Gasteiger partial charge in [-0.3, -0.25) is 4.79 Å². The van der Waals surface area contributed by atoms with E-state index in [0.717, 1.165) is 18.5 Å². The molecule has 1 heterocycles. The van der Waals surface area contributed by atoms with Crippen molar-refractivity contribution in [2.75, 3.05) is 0 Å². The first-order chi connectivity index (χ1) is 4.88. The molecule has 0 amide bonds. The summed E-state index contributed by atoms with van der Waals surface area (Å²) < 4.78 is 4.91. The number of nitrogens with zero attached hydrogens (tertiary/aromatic N) is 1. The molecule has 0 saturated carbocycles. The summed E-state index contributed by atoms with van der Waals surface area (Å²) in [6.45, 7) is 0. The Morgan fingerprint density at radius 3 is 3.20 bits per heavy atom. The molecule has 0 N–H and O–H groups in total. The lowest BCUT2D eigenvalue weighted by Crippen LogP contribution is -2.08. The molecule has 0 radical (unpaired) electrons. The van der Waals surface area contributed by atoms with Gasteiger partial charge in [0.25, 0.3) is 0 Å². The average Bonchev–Trinajstić information content (AvgIpc) is 2.36. The molecule has 1 aliphatic rings. The summed E-state index contributed by atoms with van der Waals surface area (Å²) in [5, 5.41) is 0. The van der Waals surface area contributed by atoms with Crippen molar-refractivity contribution in [1.82, 2.24) is 4.98 Å². The Hall–Kier alpha value is -1.12. The summed E-state index contributed by atoms with van der Waals surface area (Å²) >= 11 is 0. The van der Waals surface area contributed by atoms with Crippen LogP contribution in [-0.4, -0.2) is 10.8 Å². The van der Waals surface area contributed by atoms with Gasteiger partial charge >= 0.3 is 0 Å². The highest BCUT2D eigenvalue weighted by Gasteiger charge is 2.20. The van der Waals surface area contributed by atoms with Gasteiger partial charge in [-0.15, -0.1) is 0 Å². The predicted molar refractivity (Wildman–Crippen MR) is 33.8 cm³/mol. The van der Waals surface area contributed by atoms with E-state index in [0.29, 0.717) is 12.2 Å². The lowest BCUT2D eigenvalue weighted by Gasteiger charge is -2.04. The third-order valence-corrected chi connectivity index (χ3v) is 1.71. The largest absolute Gasteiger partial charge is 0.440 e. The van der Waals surface area contributed by atoms with Crippen LogP contribution in [0.1, 0.15) is 29.1 Å². The maximum atomic E-state index is 11.0. The zero-order valence-electron chi connectivity index (χ0n) is 5.46. The second-order valence-electron chi connectivity index (χ2n) is 2.40. The highest BCUT2D eigenvalue weighted by atomic mass is 16.3. The maximum Gasteiger partial charge on any atom is 0.199 e. The fraction of sp³-hybridized carbons (Fsp3) is 0.429. The molecule has 52 valence electrons. The van der Waals surface area contributed by atoms with Gasteiger partial charge < -0.3 is 4.42 Å². The van der Waals surface area contributed by atoms with Gasteiger partial charge in [-0.05, 0) is 12.8 Å². The molecule has 10 heavy (non-hydrogen) atoms. The first-order valence-corrected chi connectivity index (χ1v) is 3.33. The van der Waals surface area contributed by atoms with Crippen molar-refractivity contribution in [2.45, 2.75) is 19.3 Å². The Labute approximate surface area is 58.1 Å². The molecular formula is C7H7NO2. The monoisotopic (exact) mass is 137 g/mol. The van der Waals surface area contributed by atoms with Crippen molar-refractivity contribution in [3.63, 3.8) is 0 Å². The summed E-state index contributed by atoms with van der Waals surface area (Å²) in [5.41, 5.74) is 0.830. The van der Waals surface area contributed by atoms with Gasteiger partial charge in [0.05, 0.1) is 5.69 Å². The first-order valence-electron chi connectivity index (χ1n) is 3.33. The normalized spacial score (nSPS) is 17.0. The Kier molecular flexibility index (Phi) is 1.09. The van der Waals surface area contributed by atoms with Crippen molar-refractivity contribution in [1.29, 1.82) is 0 Å². The van der Waals surface area contributed by atoms with Crippen LogP contribution in [0, 0.1) is 0 Å². The average molecular weight is 137 g/mol. The number of ketones is 1. The third kappa shape index (κ3) is 0.667. The molecule has 0 spiro atoms. The lowest BCUT2D eigenvalue weighted by atomic mass is 10.0. The molecule has 0 aromatic carbocycles. The number of hydrogen-bond acceptors (Lipinski definition) is 3. The molecular weight excluding hydrogens is 130 g/mol. The van der Waals surface area contributed by atoms with E-state index < -0.39 is 0 Å². The molecule has 2 rings (SSSR count). The molecule has 0 saturated heterocycles. The van der Waals surface area contributed by atoms with Gasteiger partial charge in [-0.2, -0.15) is 0 Å². The second-order valence-corrected chi connectivity index (χ2v) is 2.40. The van der Waals surface area contributed by atoms with Gasteiger partial charge in [0.1, 0.15) is 0 Å². The fourth-order valence-electron chi connectivity index (χ4n) is 1.20. The van der Waals surface area contributed by atoms with Crippen molar-refractivity contribution in [2.24, 2.45) is 0 Å². The zero-order chi connectivity index (χ0) is 6.97. The molecule has 0 unspecified atom stereocenters. The van der Waals surface area contributed by atoms with E-state index in [-0.39, 0.29) is 5.78 Å². The van der Waals surface area contributed by atoms with E-state index in [1.165, 1.54) is 6.39 Å². The van der Waals surface area contributed by atoms with Gasteiger partial charge in [0, 0.05) is 6.42 Å². The van der Waals surface area contributed by atoms with E-state index in [4.69, 9.17) is 4.42 Å². The molecule has 0 atom stereocenters. The molecule has 1 aromatic rings. The molecule has 3 heteroatoms. The number of hydrogen-bond donors (Lipinski definition) is 0. The summed E-state index contributed by atoms with van der Waals surface area (Å²) in [6.07, 6.45) is 3.76. The van der Waals surface area contributed by atoms with E-state index in [2.05, 4.69) is 4.98 Å². The topological polar surface area (TPSA) is 43.1 Å². The van der Waals surface area contributed by atoms with E-state index in [9.17, 15) is 4.79 Å². The number of fused-ring (bicyclic) bond motifs is 1. The SMILES string of the molecule is O=C1CCCc2ncoc21. The van der Waals surface area contributed by atoms with Crippen LogP contribution in [0.3, 0.4) is 0 Å². The van der Waals surface area contributed by atoms with Crippen LogP contribution in [-0.2, 0) is 6.42 Å². The minimum absolute atomic E-state index is 0.0961. The lowest BCUT2D eigenvalue weighted by molar-refractivity contribution is 0.0944. The van der Waals surface area contributed by atoms with E-state index in [1.807, 2.05) is 0 Å². The second kappa shape index (κ2) is 1.94. The van der Waals surface area contributed by atoms with Gasteiger partial charge in [0.15, 0.2) is 17.9 Å². The molecule has 0 fully saturated rings. The van der Waals surface area contributed by atoms with Crippen LogP contribution in [0.5, 0.6) is 0 Å². The summed E-state index contributed by atoms with van der Waals surface area (Å²) in [5.74, 6) is 0.574. The summed E-state index contributed by atoms with van der Waals surface area (Å²) in [7, 11) is 0. The number of carbonyl (C=O) groups is 1. The number of oxazole rings is 1. The number of rotatable bonds is 0. The van der Waals surface area contributed by atoms with Gasteiger partial charge in [-0.25, -0.2) is 4.98 Å². The number of Topliss-reactive ketones (excluding diaryl/α,β-unsaturated/α-hetero) is 1. The summed E-state index contributed by atoms with van der Waals surface area (Å²) in [6, 6.07) is 0. The van der Waals surface area contributed by atoms with Crippen molar-refractivity contribution in [3.8, 4) is 0 Å². The van der Waals surface area contributed by atoms with Crippen molar-refractivity contribution < 1.29 is 9.21 Å². The van der Waals surface area contributed by atoms with Crippen LogP contribution in [0.2, 0.25) is 0 Å². The highest BCUT2D eigenvalue weighted by Crippen LogP contribution is 2.18. The zero-order valence-corrected chi connectivity index (χ0v) is 5.46. The van der Waals surface area contributed by atoms with Crippen molar-refractivity contribution in [3.05, 3.63) is 17.8 Å². The van der Waals surface area contributed by atoms with Crippen LogP contribution in [0.25, 0.3) is 0 Å². The Morgan fingerprint density at radius 1 is 1.50 bits per heavy atom. The minimum Gasteiger partial charge on any atom is -0.440 e. The number of carbonyl (C=O) groups excluding carboxylic acids is 1. The first kappa shape index (κ1) is 5.65. The van der Waals surface area contributed by atoms with Crippen LogP contribution >= 0.6 is 0 Å². The molecule has 0 aliphatic heterocycles. The third-order valence-electron chi connectivity index (χ3n) is 1.71. The highest BCUT2D eigenvalue weighted by molar-refractivity contribution is 5.95. The smallest absolute Gasteiger partial charge is 0.199 e. The molecule has 3 nitrogen and oxygen atoms in total. The van der Waals surface area contributed by atoms with E-state index in [1.54, 1.807) is 0 Å². The molecule has 1 aromatic heterocycles. The van der Waals surface area contributed by atoms with Crippen LogP contribution in [0.4, 0.5) is 0 Å². The van der Waals surface area contributed by atoms with Gasteiger partial charge in [-0.1, -0.05) is 0 Å². The Balaban J connectivity index is 2.50. The quantitative estimate of drug-likeness (QED) is 0.539. The minimum atomic E-state index is 0.0961. The maximum absolute atomic E-state index is 11.0. The molecule has 0 bridgehead atoms. The number of aryl methyl sites for hydroxylation is 1. The van der Waals surface area contributed by atoms with Crippen molar-refractivity contribution >= 4 is 5.78 Å². The van der Waals surface area contributed by atoms with Gasteiger partial charge in [0.2, 0.25) is 0 Å². The number of aromatic nitrogens is 1. The van der Waals surface area contributed by atoms with E-state index >= 15 is 0 Å². The van der Waals surface area contributed by atoms with Crippen LogP contribution in [0.15, 0.2) is 10.8 Å². The predicted octanol–water partition coefficient (Wildman–Crippen LogP) is 1.19. The summed E-state index contributed by atoms with van der Waals surface area (Å²) in [4.78, 5) is 14.9. The van der Waals surface area contributed by atoms with Crippen LogP contribution < -0.4 is 0 Å². The fourth-order valence-corrected chi connectivity index (χ4v) is 1.20. The standard InChI is InChI=1S/C7H7NO2/c9-6-3-1-2-5-7(6)10-4-8-5/h4H,1-3H2. The Morgan fingerprint density at radius 2 is 2.40 bits per heavy atom.